The van der Waals surface area contributed by atoms with Crippen LogP contribution in [0.1, 0.15) is 5.56 Å². The minimum absolute atomic E-state index is 0.695. The number of imidazole rings is 1. The molecule has 0 aliphatic rings. The normalized spacial score (nSPS) is 11.5. The summed E-state index contributed by atoms with van der Waals surface area (Å²) in [5.74, 6) is 0. The number of nitrogens with zero attached hydrogens (tertiary/aromatic N) is 4. The Morgan fingerprint density at radius 2 is 2.05 bits per heavy atom. The quantitative estimate of drug-likeness (QED) is 0.496. The molecule has 0 saturated carbocycles. The molecule has 0 spiro atoms. The summed E-state index contributed by atoms with van der Waals surface area (Å²) in [4.78, 5) is 8.85. The summed E-state index contributed by atoms with van der Waals surface area (Å²) < 4.78 is 9.26. The summed E-state index contributed by atoms with van der Waals surface area (Å²) in [6.45, 7) is 2.10. The van der Waals surface area contributed by atoms with Gasteiger partial charge in [-0.1, -0.05) is 24.3 Å². The molecule has 0 aliphatic heterocycles. The van der Waals surface area contributed by atoms with Gasteiger partial charge in [0.2, 0.25) is 5.52 Å². The molecule has 3 aromatic heterocycles. The standard InChI is InChI=1S/C15H13N4O/c1-10-5-3-4-6-11(10)13-14-15(16-9-18(13)2)17-12-7-8-20-19(12)14/h3-9H,1-2H3/q+1. The molecule has 5 heteroatoms. The molecule has 4 aromatic rings. The van der Waals surface area contributed by atoms with Crippen molar-refractivity contribution >= 4 is 16.8 Å². The fourth-order valence-electron chi connectivity index (χ4n) is 2.59. The van der Waals surface area contributed by atoms with Crippen LogP contribution >= 0.6 is 0 Å². The highest BCUT2D eigenvalue weighted by molar-refractivity contribution is 5.88. The van der Waals surface area contributed by atoms with Crippen LogP contribution in [0.5, 0.6) is 0 Å². The fourth-order valence-corrected chi connectivity index (χ4v) is 2.59. The molecule has 0 unspecified atom stereocenters. The van der Waals surface area contributed by atoms with Gasteiger partial charge in [0.25, 0.3) is 12.0 Å². The van der Waals surface area contributed by atoms with Crippen LogP contribution in [-0.2, 0) is 7.05 Å². The summed E-state index contributed by atoms with van der Waals surface area (Å²) in [7, 11) is 1.98. The molecular formula is C15H13N4O+. The molecule has 20 heavy (non-hydrogen) atoms. The Morgan fingerprint density at radius 3 is 2.90 bits per heavy atom. The average molecular weight is 265 g/mol. The van der Waals surface area contributed by atoms with Crippen molar-refractivity contribution in [3.63, 3.8) is 0 Å². The number of aromatic nitrogens is 4. The Morgan fingerprint density at radius 1 is 1.20 bits per heavy atom. The van der Waals surface area contributed by atoms with Crippen LogP contribution in [0, 0.1) is 6.92 Å². The minimum Gasteiger partial charge on any atom is -0.381 e. The van der Waals surface area contributed by atoms with Gasteiger partial charge in [0.1, 0.15) is 6.26 Å². The van der Waals surface area contributed by atoms with E-state index in [1.54, 1.807) is 17.2 Å². The molecule has 0 N–H and O–H groups in total. The lowest BCUT2D eigenvalue weighted by molar-refractivity contribution is -0.662. The highest BCUT2D eigenvalue weighted by Crippen LogP contribution is 2.27. The number of hydrogen-bond acceptors (Lipinski definition) is 3. The van der Waals surface area contributed by atoms with Gasteiger partial charge in [0, 0.05) is 11.6 Å². The topological polar surface area (TPSA) is 47.2 Å². The molecule has 4 rings (SSSR count). The molecule has 0 atom stereocenters. The van der Waals surface area contributed by atoms with E-state index in [-0.39, 0.29) is 0 Å². The first kappa shape index (κ1) is 11.2. The van der Waals surface area contributed by atoms with Gasteiger partial charge in [-0.25, -0.2) is 4.57 Å². The van der Waals surface area contributed by atoms with Gasteiger partial charge in [-0.15, -0.1) is 4.57 Å². The third-order valence-corrected chi connectivity index (χ3v) is 3.56. The monoisotopic (exact) mass is 265 g/mol. The van der Waals surface area contributed by atoms with Crippen molar-refractivity contribution in [2.75, 3.05) is 0 Å². The van der Waals surface area contributed by atoms with Crippen LogP contribution in [0.25, 0.3) is 28.1 Å². The van der Waals surface area contributed by atoms with Crippen LogP contribution in [0.3, 0.4) is 0 Å². The lowest BCUT2D eigenvalue weighted by atomic mass is 10.0. The predicted molar refractivity (Wildman–Crippen MR) is 74.1 cm³/mol. The highest BCUT2D eigenvalue weighted by Gasteiger charge is 2.22. The zero-order valence-corrected chi connectivity index (χ0v) is 11.2. The summed E-state index contributed by atoms with van der Waals surface area (Å²) in [6, 6.07) is 10.1. The highest BCUT2D eigenvalue weighted by atomic mass is 16.5. The smallest absolute Gasteiger partial charge is 0.300 e. The summed E-state index contributed by atoms with van der Waals surface area (Å²) in [5.41, 5.74) is 5.77. The molecule has 0 saturated heterocycles. The van der Waals surface area contributed by atoms with Crippen molar-refractivity contribution in [1.29, 1.82) is 0 Å². The first-order valence-electron chi connectivity index (χ1n) is 6.42. The number of benzene rings is 1. The summed E-state index contributed by atoms with van der Waals surface area (Å²) >= 11 is 0. The van der Waals surface area contributed by atoms with E-state index < -0.39 is 0 Å². The molecular weight excluding hydrogens is 252 g/mol. The van der Waals surface area contributed by atoms with Crippen molar-refractivity contribution in [3.8, 4) is 11.3 Å². The van der Waals surface area contributed by atoms with Gasteiger partial charge in [-0.3, -0.25) is 0 Å². The van der Waals surface area contributed by atoms with Crippen molar-refractivity contribution in [2.45, 2.75) is 6.92 Å². The van der Waals surface area contributed by atoms with Crippen molar-refractivity contribution in [1.82, 2.24) is 14.5 Å². The van der Waals surface area contributed by atoms with E-state index in [4.69, 9.17) is 4.52 Å². The number of hydrogen-bond donors (Lipinski definition) is 0. The first-order valence-corrected chi connectivity index (χ1v) is 6.42. The Bertz CT molecular complexity index is 936. The largest absolute Gasteiger partial charge is 0.381 e. The molecule has 5 nitrogen and oxygen atoms in total. The van der Waals surface area contributed by atoms with E-state index in [0.29, 0.717) is 5.65 Å². The molecule has 0 radical (unpaired) electrons. The van der Waals surface area contributed by atoms with E-state index in [1.165, 1.54) is 5.56 Å². The van der Waals surface area contributed by atoms with Gasteiger partial charge in [0.05, 0.1) is 7.05 Å². The first-order chi connectivity index (χ1) is 9.75. The lowest BCUT2D eigenvalue weighted by Gasteiger charge is -2.06. The zero-order chi connectivity index (χ0) is 13.7. The van der Waals surface area contributed by atoms with Crippen LogP contribution in [0.15, 0.2) is 47.4 Å². The third kappa shape index (κ3) is 1.40. The van der Waals surface area contributed by atoms with Crippen molar-refractivity contribution in [3.05, 3.63) is 48.5 Å². The fraction of sp³-hybridized carbons (Fsp3) is 0.133. The Labute approximate surface area is 115 Å². The van der Waals surface area contributed by atoms with E-state index in [2.05, 4.69) is 29.0 Å². The molecule has 0 bridgehead atoms. The van der Waals surface area contributed by atoms with Gasteiger partial charge >= 0.3 is 0 Å². The number of aryl methyl sites for hydroxylation is 2. The van der Waals surface area contributed by atoms with Crippen molar-refractivity contribution in [2.24, 2.45) is 7.05 Å². The summed E-state index contributed by atoms with van der Waals surface area (Å²) in [5, 5.41) is 0. The van der Waals surface area contributed by atoms with Crippen LogP contribution in [0.4, 0.5) is 0 Å². The molecule has 0 aliphatic carbocycles. The maximum Gasteiger partial charge on any atom is 0.300 e. The molecule has 0 amide bonds. The van der Waals surface area contributed by atoms with Crippen LogP contribution in [0.2, 0.25) is 0 Å². The van der Waals surface area contributed by atoms with Gasteiger partial charge < -0.3 is 4.52 Å². The van der Waals surface area contributed by atoms with E-state index >= 15 is 0 Å². The third-order valence-electron chi connectivity index (χ3n) is 3.56. The predicted octanol–water partition coefficient (Wildman–Crippen LogP) is 2.28. The minimum atomic E-state index is 0.695. The SMILES string of the molecule is Cc1ccccc1-c1c2c(nc[n+]1C)nc1ccon12. The van der Waals surface area contributed by atoms with E-state index in [1.807, 2.05) is 29.8 Å². The second-order valence-corrected chi connectivity index (χ2v) is 4.86. The zero-order valence-electron chi connectivity index (χ0n) is 11.2. The van der Waals surface area contributed by atoms with Gasteiger partial charge in [0.15, 0.2) is 11.3 Å². The Kier molecular flexibility index (Phi) is 2.18. The maximum absolute atomic E-state index is 5.53. The second kappa shape index (κ2) is 3.90. The van der Waals surface area contributed by atoms with Crippen LogP contribution < -0.4 is 4.57 Å². The summed E-state index contributed by atoms with van der Waals surface area (Å²) in [6.07, 6.45) is 3.42. The van der Waals surface area contributed by atoms with Gasteiger partial charge in [-0.05, 0) is 17.5 Å². The van der Waals surface area contributed by atoms with Gasteiger partial charge in [-0.2, -0.15) is 4.98 Å². The lowest BCUT2D eigenvalue weighted by Crippen LogP contribution is -2.32. The number of rotatable bonds is 1. The van der Waals surface area contributed by atoms with Crippen molar-refractivity contribution < 1.29 is 9.09 Å². The maximum atomic E-state index is 5.53. The molecule has 98 valence electrons. The number of fused-ring (bicyclic) bond motifs is 3. The van der Waals surface area contributed by atoms with E-state index in [0.717, 1.165) is 22.4 Å². The molecule has 1 aromatic carbocycles. The Hall–Kier alpha value is -2.69. The average Bonchev–Trinajstić information content (AvgIpc) is 3.01. The Balaban J connectivity index is 2.22. The second-order valence-electron chi connectivity index (χ2n) is 4.86. The van der Waals surface area contributed by atoms with E-state index in [9.17, 15) is 0 Å². The van der Waals surface area contributed by atoms with Crippen LogP contribution in [-0.4, -0.2) is 14.5 Å². The molecule has 3 heterocycles. The molecule has 0 fully saturated rings.